The van der Waals surface area contributed by atoms with E-state index < -0.39 is 54.3 Å². The summed E-state index contributed by atoms with van der Waals surface area (Å²) in [6.07, 6.45) is 1.68. The van der Waals surface area contributed by atoms with Crippen molar-refractivity contribution in [2.45, 2.75) is 37.4 Å². The van der Waals surface area contributed by atoms with E-state index in [1.54, 1.807) is 0 Å². The van der Waals surface area contributed by atoms with Crippen LogP contribution in [0.2, 0.25) is 0 Å². The molecule has 0 aromatic carbocycles. The van der Waals surface area contributed by atoms with Crippen LogP contribution in [0, 0.1) is 0 Å². The average molecular weight is 439 g/mol. The van der Waals surface area contributed by atoms with Gasteiger partial charge in [-0.05, 0) is 24.9 Å². The number of amides is 3. The molecule has 160 valence electrons. The summed E-state index contributed by atoms with van der Waals surface area (Å²) in [5.74, 6) is -3.95. The first kappa shape index (κ1) is 26.0. The zero-order valence-corrected chi connectivity index (χ0v) is 17.1. The third kappa shape index (κ3) is 11.0. The molecule has 0 aliphatic carbocycles. The van der Waals surface area contributed by atoms with Gasteiger partial charge in [0, 0.05) is 12.2 Å². The van der Waals surface area contributed by atoms with Crippen molar-refractivity contribution in [2.75, 3.05) is 24.3 Å². The molecule has 0 saturated carbocycles. The van der Waals surface area contributed by atoms with Gasteiger partial charge in [0.25, 0.3) is 0 Å². The fourth-order valence-corrected chi connectivity index (χ4v) is 2.67. The number of hydrogen-bond acceptors (Lipinski definition) is 8. The van der Waals surface area contributed by atoms with E-state index >= 15 is 0 Å². The molecule has 11 nitrogen and oxygen atoms in total. The van der Waals surface area contributed by atoms with E-state index in [-0.39, 0.29) is 25.0 Å². The second-order valence-electron chi connectivity index (χ2n) is 5.74. The van der Waals surface area contributed by atoms with Crippen molar-refractivity contribution in [1.82, 2.24) is 16.0 Å². The predicted octanol–water partition coefficient (Wildman–Crippen LogP) is -1.97. The maximum atomic E-state index is 12.5. The molecule has 0 bridgehead atoms. The fraction of sp³-hybridized carbons (Fsp3) is 0.667. The number of carbonyl (C=O) groups is 5. The smallest absolute Gasteiger partial charge is 0.322 e. The number of carboxylic acid groups (broad SMARTS) is 2. The van der Waals surface area contributed by atoms with Crippen LogP contribution in [-0.4, -0.2) is 82.3 Å². The van der Waals surface area contributed by atoms with Crippen molar-refractivity contribution >= 4 is 54.1 Å². The molecule has 0 aliphatic heterocycles. The van der Waals surface area contributed by atoms with E-state index in [1.165, 1.54) is 11.8 Å². The standard InChI is InChI=1S/C15H26N4O7S2/c1-28-5-4-9(18-13(24)8(16)2-3-11(20)21)15(26)19-10(7-27)14(25)17-6-12(22)23/h8-10,27H,2-7,16H2,1H3,(H,17,25)(H,18,24)(H,19,26)(H,20,21)(H,22,23). The number of rotatable bonds is 14. The van der Waals surface area contributed by atoms with Crippen molar-refractivity contribution in [1.29, 1.82) is 0 Å². The van der Waals surface area contributed by atoms with Crippen LogP contribution in [0.1, 0.15) is 19.3 Å². The highest BCUT2D eigenvalue weighted by molar-refractivity contribution is 7.98. The Kier molecular flexibility index (Phi) is 13.1. The number of carboxylic acids is 2. The first-order valence-electron chi connectivity index (χ1n) is 8.29. The van der Waals surface area contributed by atoms with Gasteiger partial charge in [-0.3, -0.25) is 24.0 Å². The van der Waals surface area contributed by atoms with Crippen LogP contribution in [0.5, 0.6) is 0 Å². The van der Waals surface area contributed by atoms with Gasteiger partial charge in [-0.25, -0.2) is 0 Å². The molecule has 0 aromatic heterocycles. The summed E-state index contributed by atoms with van der Waals surface area (Å²) >= 11 is 5.41. The Labute approximate surface area is 172 Å². The van der Waals surface area contributed by atoms with Gasteiger partial charge in [-0.2, -0.15) is 24.4 Å². The van der Waals surface area contributed by atoms with Gasteiger partial charge < -0.3 is 31.9 Å². The second kappa shape index (κ2) is 14.1. The number of carbonyl (C=O) groups excluding carboxylic acids is 3. The topological polar surface area (TPSA) is 188 Å². The molecule has 0 aromatic rings. The Morgan fingerprint density at radius 1 is 0.964 bits per heavy atom. The minimum atomic E-state index is -1.24. The summed E-state index contributed by atoms with van der Waals surface area (Å²) in [6, 6.07) is -3.18. The highest BCUT2D eigenvalue weighted by Crippen LogP contribution is 2.04. The lowest BCUT2D eigenvalue weighted by Gasteiger charge is -2.23. The Bertz CT molecular complexity index is 577. The number of thiol groups is 1. The lowest BCUT2D eigenvalue weighted by Crippen LogP contribution is -2.56. The maximum Gasteiger partial charge on any atom is 0.322 e. The fourth-order valence-electron chi connectivity index (χ4n) is 1.95. The minimum Gasteiger partial charge on any atom is -0.481 e. The SMILES string of the molecule is CSCCC(NC(=O)C(N)CCC(=O)O)C(=O)NC(CS)C(=O)NCC(=O)O. The second-order valence-corrected chi connectivity index (χ2v) is 7.09. The Morgan fingerprint density at radius 3 is 2.07 bits per heavy atom. The molecule has 0 fully saturated rings. The monoisotopic (exact) mass is 438 g/mol. The van der Waals surface area contributed by atoms with Crippen LogP contribution in [0.3, 0.4) is 0 Å². The summed E-state index contributed by atoms with van der Waals surface area (Å²) in [6.45, 7) is -0.607. The lowest BCUT2D eigenvalue weighted by atomic mass is 10.1. The van der Waals surface area contributed by atoms with Crippen molar-refractivity contribution < 1.29 is 34.2 Å². The number of aliphatic carboxylic acids is 2. The summed E-state index contributed by atoms with van der Waals surface area (Å²) in [4.78, 5) is 57.6. The molecule has 0 saturated heterocycles. The van der Waals surface area contributed by atoms with Crippen LogP contribution in [-0.2, 0) is 24.0 Å². The third-order valence-electron chi connectivity index (χ3n) is 3.48. The third-order valence-corrected chi connectivity index (χ3v) is 4.49. The van der Waals surface area contributed by atoms with Crippen LogP contribution in [0.25, 0.3) is 0 Å². The number of hydrogen-bond donors (Lipinski definition) is 7. The van der Waals surface area contributed by atoms with Crippen molar-refractivity contribution in [3.05, 3.63) is 0 Å². The zero-order chi connectivity index (χ0) is 21.7. The van der Waals surface area contributed by atoms with Crippen molar-refractivity contribution in [3.63, 3.8) is 0 Å². The molecule has 0 spiro atoms. The Balaban J connectivity index is 4.93. The molecule has 0 radical (unpaired) electrons. The first-order valence-corrected chi connectivity index (χ1v) is 10.3. The molecule has 13 heteroatoms. The summed E-state index contributed by atoms with van der Waals surface area (Å²) in [5, 5.41) is 24.3. The molecular formula is C15H26N4O7S2. The average Bonchev–Trinajstić information content (AvgIpc) is 2.64. The number of nitrogens with two attached hydrogens (primary N) is 1. The Hall–Kier alpha value is -1.99. The van der Waals surface area contributed by atoms with Crippen LogP contribution >= 0.6 is 24.4 Å². The summed E-state index contributed by atoms with van der Waals surface area (Å²) < 4.78 is 0. The van der Waals surface area contributed by atoms with Gasteiger partial charge in [0.15, 0.2) is 0 Å². The van der Waals surface area contributed by atoms with Crippen LogP contribution in [0.4, 0.5) is 0 Å². The van der Waals surface area contributed by atoms with Crippen LogP contribution in [0.15, 0.2) is 0 Å². The highest BCUT2D eigenvalue weighted by atomic mass is 32.2. The molecule has 7 N–H and O–H groups in total. The van der Waals surface area contributed by atoms with E-state index in [0.29, 0.717) is 5.75 Å². The van der Waals surface area contributed by atoms with Gasteiger partial charge >= 0.3 is 11.9 Å². The lowest BCUT2D eigenvalue weighted by molar-refractivity contribution is -0.139. The number of thioether (sulfide) groups is 1. The maximum absolute atomic E-state index is 12.5. The summed E-state index contributed by atoms with van der Waals surface area (Å²) in [5.41, 5.74) is 5.64. The summed E-state index contributed by atoms with van der Waals surface area (Å²) in [7, 11) is 0. The molecule has 28 heavy (non-hydrogen) atoms. The first-order chi connectivity index (χ1) is 13.1. The molecule has 0 aliphatic rings. The van der Waals surface area contributed by atoms with E-state index in [9.17, 15) is 24.0 Å². The molecule has 3 amide bonds. The molecule has 0 rings (SSSR count). The van der Waals surface area contributed by atoms with Gasteiger partial charge in [0.1, 0.15) is 18.6 Å². The van der Waals surface area contributed by atoms with Gasteiger partial charge in [0.2, 0.25) is 17.7 Å². The highest BCUT2D eigenvalue weighted by Gasteiger charge is 2.27. The van der Waals surface area contributed by atoms with Gasteiger partial charge in [-0.15, -0.1) is 0 Å². The van der Waals surface area contributed by atoms with E-state index in [4.69, 9.17) is 15.9 Å². The van der Waals surface area contributed by atoms with Crippen LogP contribution < -0.4 is 21.7 Å². The molecular weight excluding hydrogens is 412 g/mol. The molecule has 3 unspecified atom stereocenters. The van der Waals surface area contributed by atoms with E-state index in [1.807, 2.05) is 6.26 Å². The zero-order valence-electron chi connectivity index (χ0n) is 15.3. The Morgan fingerprint density at radius 2 is 1.57 bits per heavy atom. The van der Waals surface area contributed by atoms with E-state index in [0.717, 1.165) is 0 Å². The van der Waals surface area contributed by atoms with Gasteiger partial charge in [-0.1, -0.05) is 0 Å². The predicted molar refractivity (Wildman–Crippen MR) is 106 cm³/mol. The van der Waals surface area contributed by atoms with Gasteiger partial charge in [0.05, 0.1) is 6.04 Å². The minimum absolute atomic E-state index is 0.0848. The molecule has 3 atom stereocenters. The quantitative estimate of drug-likeness (QED) is 0.151. The largest absolute Gasteiger partial charge is 0.481 e. The number of nitrogens with one attached hydrogen (secondary N) is 3. The van der Waals surface area contributed by atoms with Crippen molar-refractivity contribution in [3.8, 4) is 0 Å². The normalized spacial score (nSPS) is 13.7. The van der Waals surface area contributed by atoms with E-state index in [2.05, 4.69) is 28.6 Å². The molecule has 0 heterocycles. The van der Waals surface area contributed by atoms with Crippen molar-refractivity contribution in [2.24, 2.45) is 5.73 Å².